The Morgan fingerprint density at radius 2 is 2.00 bits per heavy atom. The first-order valence-electron chi connectivity index (χ1n) is 5.77. The topological polar surface area (TPSA) is 92.0 Å². The minimum atomic E-state index is -0.347. The minimum absolute atomic E-state index is 0.240. The maximum absolute atomic E-state index is 10.8. The van der Waals surface area contributed by atoms with Crippen molar-refractivity contribution in [2.24, 2.45) is 5.73 Å². The lowest BCUT2D eigenvalue weighted by atomic mass is 10.1. The summed E-state index contributed by atoms with van der Waals surface area (Å²) >= 11 is 0. The summed E-state index contributed by atoms with van der Waals surface area (Å²) in [4.78, 5) is 10.8. The molecular weight excluding hydrogens is 242 g/mol. The van der Waals surface area contributed by atoms with Crippen molar-refractivity contribution in [3.05, 3.63) is 53.5 Å². The summed E-state index contributed by atoms with van der Waals surface area (Å²) in [5, 5.41) is 11.8. The van der Waals surface area contributed by atoms with Crippen molar-refractivity contribution in [2.75, 3.05) is 5.32 Å². The number of benzene rings is 1. The Morgan fingerprint density at radius 1 is 1.26 bits per heavy atom. The van der Waals surface area contributed by atoms with Gasteiger partial charge in [-0.15, -0.1) is 0 Å². The van der Waals surface area contributed by atoms with E-state index in [1.165, 1.54) is 0 Å². The predicted octanol–water partition coefficient (Wildman–Crippen LogP) is 1.79. The molecule has 1 aromatic heterocycles. The molecule has 0 atom stereocenters. The number of hydrogen-bond acceptors (Lipinski definition) is 4. The first-order chi connectivity index (χ1) is 9.17. The van der Waals surface area contributed by atoms with Crippen LogP contribution >= 0.6 is 0 Å². The van der Waals surface area contributed by atoms with Gasteiger partial charge in [0, 0.05) is 5.69 Å². The number of primary amides is 1. The zero-order valence-corrected chi connectivity index (χ0v) is 10.2. The lowest BCUT2D eigenvalue weighted by Crippen LogP contribution is -2.13. The second kappa shape index (κ2) is 5.74. The maximum Gasteiger partial charge on any atom is 0.221 e. The van der Waals surface area contributed by atoms with Crippen LogP contribution in [0.15, 0.2) is 40.8 Å². The summed E-state index contributed by atoms with van der Waals surface area (Å²) in [7, 11) is 0. The third-order valence-corrected chi connectivity index (χ3v) is 2.57. The molecule has 0 aliphatic heterocycles. The number of carbonyl (C=O) groups excluding carboxylic acids is 1. The van der Waals surface area contributed by atoms with Crippen LogP contribution in [0.2, 0.25) is 0 Å². The van der Waals surface area contributed by atoms with E-state index in [0.717, 1.165) is 11.3 Å². The van der Waals surface area contributed by atoms with Gasteiger partial charge in [-0.3, -0.25) is 4.79 Å². The van der Waals surface area contributed by atoms with Gasteiger partial charge in [-0.05, 0) is 29.8 Å². The average molecular weight is 255 g/mol. The van der Waals surface area contributed by atoms with Crippen LogP contribution in [0.25, 0.3) is 0 Å². The predicted molar refractivity (Wildman–Crippen MR) is 70.1 cm³/mol. The highest BCUT2D eigenvalue weighted by Gasteiger charge is 2.02. The molecule has 0 radical (unpaired) electrons. The van der Waals surface area contributed by atoms with Crippen molar-refractivity contribution in [2.45, 2.75) is 13.0 Å². The van der Waals surface area contributed by atoms with E-state index in [1.807, 2.05) is 30.3 Å². The maximum atomic E-state index is 10.8. The molecule has 1 aromatic carbocycles. The molecule has 3 N–H and O–H groups in total. The number of nitrogens with two attached hydrogens (primary N) is 1. The van der Waals surface area contributed by atoms with Crippen molar-refractivity contribution < 1.29 is 9.21 Å². The van der Waals surface area contributed by atoms with Crippen LogP contribution < -0.4 is 11.1 Å². The fourth-order valence-electron chi connectivity index (χ4n) is 1.66. The minimum Gasteiger partial charge on any atom is -0.449 e. The van der Waals surface area contributed by atoms with Crippen LogP contribution in [-0.2, 0) is 17.8 Å². The highest BCUT2D eigenvalue weighted by atomic mass is 16.3. The fourth-order valence-corrected chi connectivity index (χ4v) is 1.66. The normalized spacial score (nSPS) is 9.84. The Labute approximate surface area is 110 Å². The van der Waals surface area contributed by atoms with Gasteiger partial charge in [0.15, 0.2) is 0 Å². The number of amides is 1. The number of nitrogens with zero attached hydrogens (tertiary/aromatic N) is 1. The van der Waals surface area contributed by atoms with Crippen molar-refractivity contribution in [1.82, 2.24) is 0 Å². The average Bonchev–Trinajstić information content (AvgIpc) is 2.85. The van der Waals surface area contributed by atoms with Crippen LogP contribution in [-0.4, -0.2) is 5.91 Å². The van der Waals surface area contributed by atoms with Gasteiger partial charge >= 0.3 is 0 Å². The molecule has 1 heterocycles. The molecular formula is C14H13N3O2. The van der Waals surface area contributed by atoms with Crippen molar-refractivity contribution in [3.8, 4) is 6.07 Å². The largest absolute Gasteiger partial charge is 0.449 e. The molecule has 96 valence electrons. The summed E-state index contributed by atoms with van der Waals surface area (Å²) in [6.45, 7) is 0.497. The molecule has 0 saturated carbocycles. The molecule has 0 unspecified atom stereocenters. The second-order valence-electron chi connectivity index (χ2n) is 4.07. The molecule has 1 amide bonds. The molecule has 0 aliphatic rings. The van der Waals surface area contributed by atoms with Crippen LogP contribution in [0.5, 0.6) is 0 Å². The van der Waals surface area contributed by atoms with Crippen LogP contribution in [0.1, 0.15) is 17.1 Å². The van der Waals surface area contributed by atoms with Gasteiger partial charge in [0.2, 0.25) is 11.7 Å². The van der Waals surface area contributed by atoms with E-state index in [1.54, 1.807) is 12.1 Å². The van der Waals surface area contributed by atoms with Gasteiger partial charge in [-0.2, -0.15) is 5.26 Å². The standard InChI is InChI=1S/C14H13N3O2/c15-8-12-5-6-13(19-12)9-17-11-3-1-10(2-4-11)7-14(16)18/h1-6,17H,7,9H2,(H2,16,18). The Balaban J connectivity index is 1.93. The molecule has 0 bridgehead atoms. The van der Waals surface area contributed by atoms with Gasteiger partial charge in [-0.25, -0.2) is 0 Å². The first-order valence-corrected chi connectivity index (χ1v) is 5.77. The van der Waals surface area contributed by atoms with Crippen molar-refractivity contribution >= 4 is 11.6 Å². The molecule has 5 nitrogen and oxygen atoms in total. The summed E-state index contributed by atoms with van der Waals surface area (Å²) in [6.07, 6.45) is 0.240. The Morgan fingerprint density at radius 3 is 2.58 bits per heavy atom. The van der Waals surface area contributed by atoms with Crippen molar-refractivity contribution in [1.29, 1.82) is 5.26 Å². The highest BCUT2D eigenvalue weighted by molar-refractivity contribution is 5.76. The molecule has 0 aliphatic carbocycles. The van der Waals surface area contributed by atoms with Gasteiger partial charge in [0.25, 0.3) is 0 Å². The third-order valence-electron chi connectivity index (χ3n) is 2.57. The SMILES string of the molecule is N#Cc1ccc(CNc2ccc(CC(N)=O)cc2)o1. The summed E-state index contributed by atoms with van der Waals surface area (Å²) in [6, 6.07) is 12.7. The lowest BCUT2D eigenvalue weighted by molar-refractivity contribution is -0.117. The number of carbonyl (C=O) groups is 1. The number of anilines is 1. The Hall–Kier alpha value is -2.74. The zero-order valence-electron chi connectivity index (χ0n) is 10.2. The Bertz CT molecular complexity index is 608. The number of rotatable bonds is 5. The molecule has 2 rings (SSSR count). The summed E-state index contributed by atoms with van der Waals surface area (Å²) in [5.74, 6) is 0.645. The smallest absolute Gasteiger partial charge is 0.221 e. The van der Waals surface area contributed by atoms with E-state index in [-0.39, 0.29) is 12.3 Å². The molecule has 5 heteroatoms. The molecule has 2 aromatic rings. The van der Waals surface area contributed by atoms with E-state index in [2.05, 4.69) is 5.32 Å². The zero-order chi connectivity index (χ0) is 13.7. The van der Waals surface area contributed by atoms with Gasteiger partial charge < -0.3 is 15.5 Å². The molecule has 0 fully saturated rings. The number of nitriles is 1. The molecule has 0 spiro atoms. The van der Waals surface area contributed by atoms with Gasteiger partial charge in [0.1, 0.15) is 11.8 Å². The fraction of sp³-hybridized carbons (Fsp3) is 0.143. The molecule has 19 heavy (non-hydrogen) atoms. The van der Waals surface area contributed by atoms with Crippen LogP contribution in [0.3, 0.4) is 0 Å². The van der Waals surface area contributed by atoms with E-state index >= 15 is 0 Å². The number of hydrogen-bond donors (Lipinski definition) is 2. The Kier molecular flexibility index (Phi) is 3.84. The van der Waals surface area contributed by atoms with Gasteiger partial charge in [0.05, 0.1) is 13.0 Å². The van der Waals surface area contributed by atoms with Crippen LogP contribution in [0, 0.1) is 11.3 Å². The summed E-state index contributed by atoms with van der Waals surface area (Å²) in [5.41, 5.74) is 6.90. The summed E-state index contributed by atoms with van der Waals surface area (Å²) < 4.78 is 5.25. The quantitative estimate of drug-likeness (QED) is 0.851. The van der Waals surface area contributed by atoms with E-state index in [9.17, 15) is 4.79 Å². The van der Waals surface area contributed by atoms with Gasteiger partial charge in [-0.1, -0.05) is 12.1 Å². The number of furan rings is 1. The number of nitrogens with one attached hydrogen (secondary N) is 1. The van der Waals surface area contributed by atoms with E-state index in [0.29, 0.717) is 18.1 Å². The second-order valence-corrected chi connectivity index (χ2v) is 4.07. The third kappa shape index (κ3) is 3.61. The van der Waals surface area contributed by atoms with E-state index < -0.39 is 0 Å². The van der Waals surface area contributed by atoms with Crippen molar-refractivity contribution in [3.63, 3.8) is 0 Å². The highest BCUT2D eigenvalue weighted by Crippen LogP contribution is 2.13. The first kappa shape index (κ1) is 12.7. The molecule has 0 saturated heterocycles. The van der Waals surface area contributed by atoms with E-state index in [4.69, 9.17) is 15.4 Å². The lowest BCUT2D eigenvalue weighted by Gasteiger charge is -2.05. The monoisotopic (exact) mass is 255 g/mol. The van der Waals surface area contributed by atoms with Crippen LogP contribution in [0.4, 0.5) is 5.69 Å².